The van der Waals surface area contributed by atoms with Crippen LogP contribution in [0.1, 0.15) is 24.8 Å². The number of hydrogen-bond donors (Lipinski definition) is 1. The lowest BCUT2D eigenvalue weighted by Crippen LogP contribution is -2.13. The predicted octanol–water partition coefficient (Wildman–Crippen LogP) is 3.20. The molecule has 0 saturated heterocycles. The van der Waals surface area contributed by atoms with Gasteiger partial charge in [0.05, 0.1) is 6.54 Å². The second-order valence-electron chi connectivity index (χ2n) is 4.14. The molecule has 2 rings (SSSR count). The van der Waals surface area contributed by atoms with Crippen molar-refractivity contribution in [1.29, 1.82) is 0 Å². The van der Waals surface area contributed by atoms with Crippen molar-refractivity contribution in [3.63, 3.8) is 0 Å². The van der Waals surface area contributed by atoms with Gasteiger partial charge in [-0.05, 0) is 37.6 Å². The van der Waals surface area contributed by atoms with Gasteiger partial charge in [0.1, 0.15) is 0 Å². The van der Waals surface area contributed by atoms with Crippen molar-refractivity contribution in [2.45, 2.75) is 26.8 Å². The fourth-order valence-electron chi connectivity index (χ4n) is 1.54. The standard InChI is InChI=1S/C13H16ClN3O/c1-3-6-15-8-12-16-17-13(18-12)10-5-4-9(2)11(14)7-10/h4-5,7,15H,3,6,8H2,1-2H3. The van der Waals surface area contributed by atoms with Crippen LogP contribution in [0.2, 0.25) is 5.02 Å². The van der Waals surface area contributed by atoms with Crippen LogP contribution in [0.3, 0.4) is 0 Å². The first kappa shape index (κ1) is 13.1. The van der Waals surface area contributed by atoms with Crippen molar-refractivity contribution < 1.29 is 4.42 Å². The van der Waals surface area contributed by atoms with E-state index < -0.39 is 0 Å². The summed E-state index contributed by atoms with van der Waals surface area (Å²) in [6.07, 6.45) is 1.08. The van der Waals surface area contributed by atoms with E-state index in [1.807, 2.05) is 25.1 Å². The molecule has 0 saturated carbocycles. The molecule has 1 heterocycles. The maximum Gasteiger partial charge on any atom is 0.247 e. The number of aryl methyl sites for hydroxylation is 1. The van der Waals surface area contributed by atoms with Gasteiger partial charge in [0.25, 0.3) is 0 Å². The molecule has 1 aromatic carbocycles. The van der Waals surface area contributed by atoms with Gasteiger partial charge in [-0.2, -0.15) is 0 Å². The van der Waals surface area contributed by atoms with Crippen LogP contribution < -0.4 is 5.32 Å². The SMILES string of the molecule is CCCNCc1nnc(-c2ccc(C)c(Cl)c2)o1. The van der Waals surface area contributed by atoms with Crippen molar-refractivity contribution in [3.8, 4) is 11.5 Å². The Morgan fingerprint density at radius 1 is 1.33 bits per heavy atom. The molecule has 4 nitrogen and oxygen atoms in total. The van der Waals surface area contributed by atoms with Crippen LogP contribution in [0.25, 0.3) is 11.5 Å². The van der Waals surface area contributed by atoms with E-state index in [9.17, 15) is 0 Å². The van der Waals surface area contributed by atoms with E-state index in [1.165, 1.54) is 0 Å². The van der Waals surface area contributed by atoms with Gasteiger partial charge in [-0.3, -0.25) is 0 Å². The summed E-state index contributed by atoms with van der Waals surface area (Å²) in [4.78, 5) is 0. The predicted molar refractivity (Wildman–Crippen MR) is 71.5 cm³/mol. The van der Waals surface area contributed by atoms with Crippen molar-refractivity contribution >= 4 is 11.6 Å². The lowest BCUT2D eigenvalue weighted by Gasteiger charge is -1.99. The Labute approximate surface area is 111 Å². The third-order valence-corrected chi connectivity index (χ3v) is 3.00. The fraction of sp³-hybridized carbons (Fsp3) is 0.385. The number of hydrogen-bond acceptors (Lipinski definition) is 4. The minimum absolute atomic E-state index is 0.505. The minimum Gasteiger partial charge on any atom is -0.419 e. The van der Waals surface area contributed by atoms with Crippen LogP contribution in [0.15, 0.2) is 22.6 Å². The number of halogens is 1. The highest BCUT2D eigenvalue weighted by atomic mass is 35.5. The summed E-state index contributed by atoms with van der Waals surface area (Å²) >= 11 is 6.07. The van der Waals surface area contributed by atoms with Gasteiger partial charge in [-0.15, -0.1) is 10.2 Å². The zero-order chi connectivity index (χ0) is 13.0. The Kier molecular flexibility index (Phi) is 4.33. The van der Waals surface area contributed by atoms with Crippen molar-refractivity contribution in [1.82, 2.24) is 15.5 Å². The third-order valence-electron chi connectivity index (χ3n) is 2.59. The molecule has 0 radical (unpaired) electrons. The highest BCUT2D eigenvalue weighted by Gasteiger charge is 2.09. The average Bonchev–Trinajstić information content (AvgIpc) is 2.82. The molecule has 0 bridgehead atoms. The summed E-state index contributed by atoms with van der Waals surface area (Å²) in [5.41, 5.74) is 1.88. The summed E-state index contributed by atoms with van der Waals surface area (Å²) in [6, 6.07) is 5.71. The number of rotatable bonds is 5. The molecule has 0 atom stereocenters. The Morgan fingerprint density at radius 3 is 2.89 bits per heavy atom. The maximum atomic E-state index is 6.07. The van der Waals surface area contributed by atoms with Gasteiger partial charge in [0.2, 0.25) is 11.8 Å². The smallest absolute Gasteiger partial charge is 0.247 e. The lowest BCUT2D eigenvalue weighted by atomic mass is 10.1. The van der Waals surface area contributed by atoms with Crippen molar-refractivity contribution in [3.05, 3.63) is 34.7 Å². The molecular weight excluding hydrogens is 250 g/mol. The zero-order valence-electron chi connectivity index (χ0n) is 10.5. The van der Waals surface area contributed by atoms with Gasteiger partial charge in [0, 0.05) is 10.6 Å². The van der Waals surface area contributed by atoms with E-state index in [-0.39, 0.29) is 0 Å². The monoisotopic (exact) mass is 265 g/mol. The van der Waals surface area contributed by atoms with Crippen LogP contribution in [-0.4, -0.2) is 16.7 Å². The molecule has 0 aliphatic rings. The van der Waals surface area contributed by atoms with Crippen molar-refractivity contribution in [2.75, 3.05) is 6.54 Å². The van der Waals surface area contributed by atoms with Gasteiger partial charge in [-0.1, -0.05) is 24.6 Å². The zero-order valence-corrected chi connectivity index (χ0v) is 11.3. The van der Waals surface area contributed by atoms with Crippen LogP contribution >= 0.6 is 11.6 Å². The van der Waals surface area contributed by atoms with Crippen LogP contribution in [0, 0.1) is 6.92 Å². The molecule has 96 valence electrons. The number of nitrogens with one attached hydrogen (secondary N) is 1. The van der Waals surface area contributed by atoms with E-state index in [0.29, 0.717) is 23.3 Å². The third kappa shape index (κ3) is 3.09. The molecule has 0 amide bonds. The average molecular weight is 266 g/mol. The Morgan fingerprint density at radius 2 is 2.17 bits per heavy atom. The highest BCUT2D eigenvalue weighted by Crippen LogP contribution is 2.24. The Hall–Kier alpha value is -1.39. The molecule has 5 heteroatoms. The van der Waals surface area contributed by atoms with E-state index in [0.717, 1.165) is 24.1 Å². The Bertz CT molecular complexity index is 525. The van der Waals surface area contributed by atoms with Crippen molar-refractivity contribution in [2.24, 2.45) is 0 Å². The molecule has 0 spiro atoms. The molecule has 0 aliphatic carbocycles. The first-order chi connectivity index (χ1) is 8.70. The van der Waals surface area contributed by atoms with Gasteiger partial charge < -0.3 is 9.73 Å². The molecule has 0 unspecified atom stereocenters. The van der Waals surface area contributed by atoms with Crippen LogP contribution in [-0.2, 0) is 6.54 Å². The van der Waals surface area contributed by atoms with E-state index in [2.05, 4.69) is 22.4 Å². The normalized spacial score (nSPS) is 10.8. The molecule has 2 aromatic rings. The van der Waals surface area contributed by atoms with Crippen LogP contribution in [0.4, 0.5) is 0 Å². The van der Waals surface area contributed by atoms with Gasteiger partial charge >= 0.3 is 0 Å². The second-order valence-corrected chi connectivity index (χ2v) is 4.55. The van der Waals surface area contributed by atoms with Gasteiger partial charge in [-0.25, -0.2) is 0 Å². The molecule has 1 N–H and O–H groups in total. The number of benzene rings is 1. The molecule has 18 heavy (non-hydrogen) atoms. The van der Waals surface area contributed by atoms with Crippen LogP contribution in [0.5, 0.6) is 0 Å². The first-order valence-electron chi connectivity index (χ1n) is 6.00. The topological polar surface area (TPSA) is 51.0 Å². The highest BCUT2D eigenvalue weighted by molar-refractivity contribution is 6.31. The Balaban J connectivity index is 2.11. The summed E-state index contributed by atoms with van der Waals surface area (Å²) in [7, 11) is 0. The number of nitrogens with zero attached hydrogens (tertiary/aromatic N) is 2. The number of aromatic nitrogens is 2. The minimum atomic E-state index is 0.505. The maximum absolute atomic E-state index is 6.07. The summed E-state index contributed by atoms with van der Waals surface area (Å²) in [6.45, 7) is 5.61. The molecular formula is C13H16ClN3O. The van der Waals surface area contributed by atoms with E-state index in [4.69, 9.17) is 16.0 Å². The molecule has 1 aromatic heterocycles. The second kappa shape index (κ2) is 5.98. The molecule has 0 aliphatic heterocycles. The summed E-state index contributed by atoms with van der Waals surface area (Å²) < 4.78 is 5.57. The van der Waals surface area contributed by atoms with E-state index >= 15 is 0 Å². The quantitative estimate of drug-likeness (QED) is 0.844. The summed E-state index contributed by atoms with van der Waals surface area (Å²) in [5.74, 6) is 1.10. The summed E-state index contributed by atoms with van der Waals surface area (Å²) in [5, 5.41) is 11.9. The van der Waals surface area contributed by atoms with Gasteiger partial charge in [0.15, 0.2) is 0 Å². The fourth-order valence-corrected chi connectivity index (χ4v) is 1.72. The lowest BCUT2D eigenvalue weighted by molar-refractivity contribution is 0.477. The van der Waals surface area contributed by atoms with E-state index in [1.54, 1.807) is 0 Å². The largest absolute Gasteiger partial charge is 0.419 e. The molecule has 0 fully saturated rings. The first-order valence-corrected chi connectivity index (χ1v) is 6.38.